The summed E-state index contributed by atoms with van der Waals surface area (Å²) in [4.78, 5) is 120. The Bertz CT molecular complexity index is 2030. The monoisotopic (exact) mass is 861 g/mol. The fraction of sp³-hybridized carbons (Fsp3) is 0.241. The van der Waals surface area contributed by atoms with Crippen LogP contribution >= 0.6 is 0 Å². The van der Waals surface area contributed by atoms with Gasteiger partial charge in [0.05, 0.1) is 16.0 Å². The third-order valence-corrected chi connectivity index (χ3v) is 7.15. The number of imide groups is 3. The van der Waals surface area contributed by atoms with E-state index in [2.05, 4.69) is 15.7 Å². The maximum absolute atomic E-state index is 12.3. The van der Waals surface area contributed by atoms with Crippen LogP contribution in [0.25, 0.3) is 0 Å². The van der Waals surface area contributed by atoms with Crippen LogP contribution in [0.3, 0.4) is 0 Å². The van der Waals surface area contributed by atoms with Crippen LogP contribution in [0.2, 0.25) is 0 Å². The van der Waals surface area contributed by atoms with Gasteiger partial charge in [-0.2, -0.15) is 23.3 Å². The number of carboxylic acid groups (broad SMARTS) is 2. The van der Waals surface area contributed by atoms with Gasteiger partial charge < -0.3 is 24.4 Å². The molecular formula is C29H25N3Na2O21S2. The number of nitrogens with zero attached hydrogens (tertiary/aromatic N) is 3. The Hall–Kier alpha value is -4.77. The van der Waals surface area contributed by atoms with Crippen LogP contribution in [0, 0.1) is 6.07 Å². The predicted octanol–water partition coefficient (Wildman–Crippen LogP) is -6.92. The molecule has 3 saturated heterocycles. The van der Waals surface area contributed by atoms with E-state index in [-0.39, 0.29) is 131 Å². The Kier molecular flexibility index (Phi) is 23.0. The van der Waals surface area contributed by atoms with Crippen molar-refractivity contribution in [3.8, 4) is 0 Å². The summed E-state index contributed by atoms with van der Waals surface area (Å²) in [5.74, 6) is -9.40. The first-order valence-corrected chi connectivity index (χ1v) is 16.5. The van der Waals surface area contributed by atoms with Crippen LogP contribution < -0.4 is 59.1 Å². The molecule has 0 saturated carbocycles. The average molecular weight is 862 g/mol. The Morgan fingerprint density at radius 2 is 0.895 bits per heavy atom. The molecule has 3 fully saturated rings. The topological polar surface area (TPSA) is 368 Å². The first-order chi connectivity index (χ1) is 25.0. The molecule has 28 heteroatoms. The van der Waals surface area contributed by atoms with Gasteiger partial charge >= 0.3 is 81.7 Å². The van der Waals surface area contributed by atoms with E-state index in [4.69, 9.17) is 28.0 Å². The minimum atomic E-state index is -5.17. The molecule has 6 amide bonds. The number of hydrogen-bond acceptors (Lipinski definition) is 19. The van der Waals surface area contributed by atoms with E-state index in [1.807, 2.05) is 0 Å². The normalized spacial score (nSPS) is 14.2. The standard InChI is InChI=1S/C16H12N2O11S.C8H5O4.C4H5NO3.CH4.2Na.O3S/c19-11-1-2-12(20)17(11)28-15(23)8-5-9(7-10(6-8)30(25,26)27)16(24)29-18-13(21)3-4-14(18)22;9-7(10)5-2-1-3-6(4-5)8(11)12;6-3-1-2-4(7)5(3)8;;;;1-4(2)3/h5-7H,1-4H2,(H,25,26,27);2-4H,(H,9,10)(H,11,12);8H,1-2H2;1H4;;;/q;-1;;;2*+1;/p-1. The van der Waals surface area contributed by atoms with Crippen molar-refractivity contribution < 1.29 is 158 Å². The van der Waals surface area contributed by atoms with Crippen LogP contribution in [0.4, 0.5) is 0 Å². The van der Waals surface area contributed by atoms with Gasteiger partial charge in [0, 0.05) is 38.5 Å². The number of rotatable bonds is 7. The minimum absolute atomic E-state index is 0. The Balaban J connectivity index is 0. The van der Waals surface area contributed by atoms with E-state index in [0.717, 1.165) is 12.1 Å². The zero-order chi connectivity index (χ0) is 41.1. The Morgan fingerprint density at radius 3 is 1.14 bits per heavy atom. The summed E-state index contributed by atoms with van der Waals surface area (Å²) in [5, 5.41) is 25.9. The molecule has 2 aromatic rings. The number of carbonyl (C=O) groups excluding carboxylic acids is 8. The molecule has 3 aliphatic heterocycles. The van der Waals surface area contributed by atoms with Crippen molar-refractivity contribution in [2.45, 2.75) is 50.8 Å². The molecule has 0 radical (unpaired) electrons. The van der Waals surface area contributed by atoms with Gasteiger partial charge in [-0.15, -0.1) is 28.8 Å². The quantitative estimate of drug-likeness (QED) is 0.0765. The smallest absolute Gasteiger partial charge is 0.744 e. The molecule has 0 unspecified atom stereocenters. The van der Waals surface area contributed by atoms with E-state index < -0.39 is 96.1 Å². The van der Waals surface area contributed by atoms with E-state index in [1.54, 1.807) is 0 Å². The second kappa shape index (κ2) is 24.1. The summed E-state index contributed by atoms with van der Waals surface area (Å²) in [6.45, 7) is 0. The summed E-state index contributed by atoms with van der Waals surface area (Å²) in [6, 6.07) is 7.83. The second-order valence-corrected chi connectivity index (χ2v) is 11.8. The number of aromatic carboxylic acids is 2. The molecule has 3 heterocycles. The number of hydroxylamine groups is 6. The van der Waals surface area contributed by atoms with E-state index >= 15 is 0 Å². The predicted molar refractivity (Wildman–Crippen MR) is 166 cm³/mol. The average Bonchev–Trinajstić information content (AvgIpc) is 3.70. The summed E-state index contributed by atoms with van der Waals surface area (Å²) >= 11 is 0. The van der Waals surface area contributed by atoms with Crippen LogP contribution in [-0.2, 0) is 59.2 Å². The molecule has 0 aromatic heterocycles. The van der Waals surface area contributed by atoms with Gasteiger partial charge in [0.25, 0.3) is 47.4 Å². The number of amides is 6. The van der Waals surface area contributed by atoms with Gasteiger partial charge in [-0.05, 0) is 29.3 Å². The number of benzene rings is 2. The van der Waals surface area contributed by atoms with E-state index in [1.165, 1.54) is 12.1 Å². The largest absolute Gasteiger partial charge is 1.00 e. The van der Waals surface area contributed by atoms with Gasteiger partial charge in [-0.1, -0.05) is 7.43 Å². The Morgan fingerprint density at radius 1 is 0.614 bits per heavy atom. The molecule has 2 aromatic carbocycles. The molecule has 24 nitrogen and oxygen atoms in total. The van der Waals surface area contributed by atoms with Crippen LogP contribution in [0.15, 0.2) is 41.3 Å². The fourth-order valence-electron chi connectivity index (χ4n) is 3.85. The summed E-state index contributed by atoms with van der Waals surface area (Å²) in [7, 11) is -8.28. The second-order valence-electron chi connectivity index (χ2n) is 10.0. The van der Waals surface area contributed by atoms with Crippen molar-refractivity contribution >= 4 is 80.0 Å². The van der Waals surface area contributed by atoms with Crippen molar-refractivity contribution in [3.05, 3.63) is 64.7 Å². The van der Waals surface area contributed by atoms with Crippen molar-refractivity contribution in [2.24, 2.45) is 0 Å². The number of carboxylic acids is 2. The fourth-order valence-corrected chi connectivity index (χ4v) is 4.39. The number of carbonyl (C=O) groups is 10. The molecule has 0 bridgehead atoms. The van der Waals surface area contributed by atoms with Crippen molar-refractivity contribution in [2.75, 3.05) is 0 Å². The van der Waals surface area contributed by atoms with Gasteiger partial charge in [0.1, 0.15) is 10.1 Å². The maximum Gasteiger partial charge on any atom is 1.00 e. The zero-order valence-corrected chi connectivity index (χ0v) is 34.2. The molecule has 0 spiro atoms. The van der Waals surface area contributed by atoms with E-state index in [9.17, 15) is 60.9 Å². The van der Waals surface area contributed by atoms with Crippen LogP contribution in [-0.4, -0.2) is 116 Å². The zero-order valence-electron chi connectivity index (χ0n) is 28.6. The van der Waals surface area contributed by atoms with Gasteiger partial charge in [0.15, 0.2) is 0 Å². The number of hydrogen-bond donors (Lipinski definition) is 3. The van der Waals surface area contributed by atoms with Crippen molar-refractivity contribution in [3.63, 3.8) is 0 Å². The maximum atomic E-state index is 12.3. The molecule has 0 aliphatic carbocycles. The molecular weight excluding hydrogens is 836 g/mol. The molecule has 5 rings (SSSR count). The molecule has 3 aliphatic rings. The van der Waals surface area contributed by atoms with Crippen LogP contribution in [0.1, 0.15) is 87.4 Å². The van der Waals surface area contributed by atoms with Crippen LogP contribution in [0.5, 0.6) is 0 Å². The molecule has 57 heavy (non-hydrogen) atoms. The first-order valence-electron chi connectivity index (χ1n) is 14.1. The summed E-state index contributed by atoms with van der Waals surface area (Å²) in [5.41, 5.74) is -1.50. The third kappa shape index (κ3) is 16.7. The van der Waals surface area contributed by atoms with Gasteiger partial charge in [-0.3, -0.25) is 43.6 Å². The van der Waals surface area contributed by atoms with E-state index in [0.29, 0.717) is 12.1 Å². The van der Waals surface area contributed by atoms with Crippen molar-refractivity contribution in [1.82, 2.24) is 15.2 Å². The molecule has 0 atom stereocenters. The van der Waals surface area contributed by atoms with Gasteiger partial charge in [0.2, 0.25) is 0 Å². The molecule has 296 valence electrons. The third-order valence-electron chi connectivity index (χ3n) is 6.33. The summed E-state index contributed by atoms with van der Waals surface area (Å²) < 4.78 is 59.5. The first kappa shape index (κ1) is 54.3. The van der Waals surface area contributed by atoms with Crippen molar-refractivity contribution in [1.29, 1.82) is 0 Å². The Labute approximate surface area is 365 Å². The SMILES string of the molecule is C.O=C(O)c1c[c-]cc(C(=O)O)c1.O=C(ON1C(=O)CCC1=O)c1cc(C(=O)ON2C(=O)CCC2=O)cc(S(=O)(=O)[O-])c1.O=C1CCC(=O)N1O.O=S(=O)=O.[Na+].[Na+]. The minimum Gasteiger partial charge on any atom is -0.744 e. The van der Waals surface area contributed by atoms with Gasteiger partial charge in [-0.25, -0.2) is 18.0 Å². The summed E-state index contributed by atoms with van der Waals surface area (Å²) in [6.07, 6.45) is -0.495. The molecule has 3 N–H and O–H groups in total.